The molecule has 4 heteroatoms. The van der Waals surface area contributed by atoms with Gasteiger partial charge in [0.15, 0.2) is 5.79 Å². The van der Waals surface area contributed by atoms with Crippen molar-refractivity contribution < 1.29 is 14.6 Å². The highest BCUT2D eigenvalue weighted by molar-refractivity contribution is 4.87. The molecule has 1 spiro atoms. The van der Waals surface area contributed by atoms with E-state index in [-0.39, 0.29) is 5.79 Å². The van der Waals surface area contributed by atoms with Crippen molar-refractivity contribution in [2.75, 3.05) is 32.8 Å². The van der Waals surface area contributed by atoms with E-state index in [1.165, 1.54) is 0 Å². The normalized spacial score (nSPS) is 29.4. The summed E-state index contributed by atoms with van der Waals surface area (Å²) in [6.45, 7) is 7.86. The fraction of sp³-hybridized carbons (Fsp3) is 1.00. The highest BCUT2D eigenvalue weighted by Gasteiger charge is 2.41. The zero-order valence-corrected chi connectivity index (χ0v) is 10.4. The summed E-state index contributed by atoms with van der Waals surface area (Å²) < 4.78 is 11.4. The number of likely N-dealkylation sites (tertiary alicyclic amines) is 1. The quantitative estimate of drug-likeness (QED) is 0.783. The zero-order valence-electron chi connectivity index (χ0n) is 10.4. The number of nitrogens with zero attached hydrogens (tertiary/aromatic N) is 1. The molecule has 2 aliphatic rings. The van der Waals surface area contributed by atoms with E-state index in [0.717, 1.165) is 32.4 Å². The van der Waals surface area contributed by atoms with E-state index in [4.69, 9.17) is 9.47 Å². The van der Waals surface area contributed by atoms with Crippen molar-refractivity contribution in [2.45, 2.75) is 44.5 Å². The number of β-amino-alcohol motifs (C(OH)–C–C–N with tert-alkyl or cyclic N) is 1. The van der Waals surface area contributed by atoms with E-state index in [0.29, 0.717) is 19.8 Å². The number of piperidine rings is 1. The lowest BCUT2D eigenvalue weighted by atomic mass is 9.99. The molecule has 1 unspecified atom stereocenters. The Morgan fingerprint density at radius 1 is 1.38 bits per heavy atom. The van der Waals surface area contributed by atoms with Crippen LogP contribution in [0.1, 0.15) is 33.1 Å². The van der Waals surface area contributed by atoms with Crippen molar-refractivity contribution in [1.29, 1.82) is 0 Å². The maximum absolute atomic E-state index is 10.1. The minimum absolute atomic E-state index is 0.373. The smallest absolute Gasteiger partial charge is 0.181 e. The lowest BCUT2D eigenvalue weighted by Gasteiger charge is -2.41. The van der Waals surface area contributed by atoms with E-state index < -0.39 is 5.60 Å². The molecule has 0 aromatic rings. The summed E-state index contributed by atoms with van der Waals surface area (Å²) in [5.74, 6) is -0.373. The second kappa shape index (κ2) is 4.61. The Hall–Kier alpha value is -0.160. The molecule has 2 heterocycles. The highest BCUT2D eigenvalue weighted by atomic mass is 16.7. The van der Waals surface area contributed by atoms with Gasteiger partial charge in [-0.05, 0) is 26.3 Å². The van der Waals surface area contributed by atoms with Gasteiger partial charge >= 0.3 is 0 Å². The Balaban J connectivity index is 1.91. The fourth-order valence-corrected chi connectivity index (χ4v) is 2.53. The van der Waals surface area contributed by atoms with Crippen LogP contribution in [0.15, 0.2) is 0 Å². The monoisotopic (exact) mass is 229 g/mol. The second-order valence-electron chi connectivity index (χ2n) is 5.27. The molecular formula is C12H23NO3. The number of hydrogen-bond donors (Lipinski definition) is 1. The van der Waals surface area contributed by atoms with Crippen LogP contribution in [-0.4, -0.2) is 54.2 Å². The molecule has 1 atom stereocenters. The van der Waals surface area contributed by atoms with Gasteiger partial charge in [-0.3, -0.25) is 4.90 Å². The Kier molecular flexibility index (Phi) is 3.54. The topological polar surface area (TPSA) is 41.9 Å². The lowest BCUT2D eigenvalue weighted by molar-refractivity contribution is -0.193. The predicted molar refractivity (Wildman–Crippen MR) is 61.2 cm³/mol. The van der Waals surface area contributed by atoms with Gasteiger partial charge < -0.3 is 14.6 Å². The third-order valence-electron chi connectivity index (χ3n) is 3.64. The largest absolute Gasteiger partial charge is 0.389 e. The van der Waals surface area contributed by atoms with Crippen LogP contribution >= 0.6 is 0 Å². The Morgan fingerprint density at radius 2 is 2.06 bits per heavy atom. The molecule has 2 aliphatic heterocycles. The minimum atomic E-state index is -0.600. The van der Waals surface area contributed by atoms with Gasteiger partial charge in [0.2, 0.25) is 0 Å². The molecule has 2 fully saturated rings. The number of aliphatic hydroxyl groups is 1. The first-order valence-corrected chi connectivity index (χ1v) is 6.28. The van der Waals surface area contributed by atoms with E-state index in [9.17, 15) is 5.11 Å². The summed E-state index contributed by atoms with van der Waals surface area (Å²) in [7, 11) is 0. The second-order valence-corrected chi connectivity index (χ2v) is 5.27. The van der Waals surface area contributed by atoms with Crippen molar-refractivity contribution in [3.63, 3.8) is 0 Å². The minimum Gasteiger partial charge on any atom is -0.389 e. The molecule has 0 amide bonds. The molecule has 2 saturated heterocycles. The van der Waals surface area contributed by atoms with Crippen LogP contribution < -0.4 is 0 Å². The van der Waals surface area contributed by atoms with Crippen LogP contribution in [0.3, 0.4) is 0 Å². The maximum Gasteiger partial charge on any atom is 0.181 e. The van der Waals surface area contributed by atoms with Gasteiger partial charge in [0.25, 0.3) is 0 Å². The van der Waals surface area contributed by atoms with E-state index in [1.807, 2.05) is 13.8 Å². The number of rotatable bonds is 3. The average molecular weight is 229 g/mol. The van der Waals surface area contributed by atoms with Gasteiger partial charge in [-0.2, -0.15) is 0 Å². The third-order valence-corrected chi connectivity index (χ3v) is 3.64. The molecule has 0 bridgehead atoms. The molecule has 0 aromatic carbocycles. The molecule has 0 aliphatic carbocycles. The molecule has 2 rings (SSSR count). The molecule has 0 radical (unpaired) electrons. The van der Waals surface area contributed by atoms with E-state index in [1.54, 1.807) is 0 Å². The van der Waals surface area contributed by atoms with Gasteiger partial charge in [0.1, 0.15) is 0 Å². The van der Waals surface area contributed by atoms with Gasteiger partial charge in [-0.1, -0.05) is 6.92 Å². The van der Waals surface area contributed by atoms with Crippen LogP contribution in [-0.2, 0) is 9.47 Å². The standard InChI is InChI=1S/C12H23NO3/c1-3-11(2,14)9-13-6-4-5-12(10-13)15-7-8-16-12/h14H,3-10H2,1-2H3. The van der Waals surface area contributed by atoms with Crippen molar-refractivity contribution in [1.82, 2.24) is 4.90 Å². The molecule has 16 heavy (non-hydrogen) atoms. The molecule has 1 N–H and O–H groups in total. The van der Waals surface area contributed by atoms with Crippen LogP contribution in [0.25, 0.3) is 0 Å². The van der Waals surface area contributed by atoms with E-state index in [2.05, 4.69) is 4.90 Å². The number of hydrogen-bond acceptors (Lipinski definition) is 4. The van der Waals surface area contributed by atoms with Crippen molar-refractivity contribution >= 4 is 0 Å². The first-order valence-electron chi connectivity index (χ1n) is 6.28. The van der Waals surface area contributed by atoms with Crippen LogP contribution in [0, 0.1) is 0 Å². The zero-order chi connectivity index (χ0) is 11.6. The average Bonchev–Trinajstić information content (AvgIpc) is 2.66. The molecular weight excluding hydrogens is 206 g/mol. The fourth-order valence-electron chi connectivity index (χ4n) is 2.53. The van der Waals surface area contributed by atoms with Crippen molar-refractivity contribution in [3.8, 4) is 0 Å². The summed E-state index contributed by atoms with van der Waals surface area (Å²) in [5, 5.41) is 10.1. The van der Waals surface area contributed by atoms with Crippen molar-refractivity contribution in [3.05, 3.63) is 0 Å². The first-order chi connectivity index (χ1) is 7.55. The van der Waals surface area contributed by atoms with Crippen LogP contribution in [0.5, 0.6) is 0 Å². The summed E-state index contributed by atoms with van der Waals surface area (Å²) in [5.41, 5.74) is -0.600. The third kappa shape index (κ3) is 2.74. The van der Waals surface area contributed by atoms with Crippen LogP contribution in [0.4, 0.5) is 0 Å². The van der Waals surface area contributed by atoms with Gasteiger partial charge in [0.05, 0.1) is 25.4 Å². The molecule has 0 saturated carbocycles. The first kappa shape index (κ1) is 12.3. The Morgan fingerprint density at radius 3 is 2.69 bits per heavy atom. The summed E-state index contributed by atoms with van der Waals surface area (Å²) >= 11 is 0. The van der Waals surface area contributed by atoms with Gasteiger partial charge in [-0.25, -0.2) is 0 Å². The summed E-state index contributed by atoms with van der Waals surface area (Å²) in [4.78, 5) is 2.26. The summed E-state index contributed by atoms with van der Waals surface area (Å²) in [6, 6.07) is 0. The summed E-state index contributed by atoms with van der Waals surface area (Å²) in [6.07, 6.45) is 2.84. The van der Waals surface area contributed by atoms with Gasteiger partial charge in [-0.15, -0.1) is 0 Å². The lowest BCUT2D eigenvalue weighted by Crippen LogP contribution is -2.52. The molecule has 94 valence electrons. The van der Waals surface area contributed by atoms with E-state index >= 15 is 0 Å². The maximum atomic E-state index is 10.1. The Bertz CT molecular complexity index is 236. The highest BCUT2D eigenvalue weighted by Crippen LogP contribution is 2.30. The predicted octanol–water partition coefficient (Wildman–Crippen LogP) is 0.986. The molecule has 4 nitrogen and oxygen atoms in total. The SMILES string of the molecule is CCC(C)(O)CN1CCCC2(C1)OCCO2. The van der Waals surface area contributed by atoms with Gasteiger partial charge in [0, 0.05) is 13.0 Å². The number of ether oxygens (including phenoxy) is 2. The van der Waals surface area contributed by atoms with Crippen molar-refractivity contribution in [2.24, 2.45) is 0 Å². The van der Waals surface area contributed by atoms with Crippen LogP contribution in [0.2, 0.25) is 0 Å². The molecule has 0 aromatic heterocycles. The Labute approximate surface area is 97.5 Å².